The molecule has 0 bridgehead atoms. The van der Waals surface area contributed by atoms with Gasteiger partial charge in [-0.25, -0.2) is 14.3 Å². The van der Waals surface area contributed by atoms with E-state index in [9.17, 15) is 19.2 Å². The zero-order chi connectivity index (χ0) is 24.6. The predicted molar refractivity (Wildman–Crippen MR) is 120 cm³/mol. The van der Waals surface area contributed by atoms with Crippen LogP contribution in [0.25, 0.3) is 11.0 Å². The van der Waals surface area contributed by atoms with E-state index in [1.165, 1.54) is 10.6 Å². The molecule has 0 spiro atoms. The molecule has 1 aromatic carbocycles. The number of aromatic nitrogens is 3. The highest BCUT2D eigenvalue weighted by Gasteiger charge is 2.44. The van der Waals surface area contributed by atoms with Gasteiger partial charge in [0, 0.05) is 18.4 Å². The van der Waals surface area contributed by atoms with Crippen molar-refractivity contribution in [3.05, 3.63) is 53.2 Å². The smallest absolute Gasteiger partial charge is 0.352 e. The van der Waals surface area contributed by atoms with Gasteiger partial charge in [0.1, 0.15) is 42.2 Å². The third-order valence-corrected chi connectivity index (χ3v) is 5.86. The van der Waals surface area contributed by atoms with E-state index in [1.807, 2.05) is 0 Å². The van der Waals surface area contributed by atoms with Gasteiger partial charge in [-0.2, -0.15) is 4.98 Å². The number of halogens is 2. The van der Waals surface area contributed by atoms with Crippen LogP contribution in [0.2, 0.25) is 5.28 Å². The Hall–Kier alpha value is -2.15. The van der Waals surface area contributed by atoms with E-state index in [0.717, 1.165) is 6.66 Å². The minimum Gasteiger partial charge on any atom is -0.387 e. The van der Waals surface area contributed by atoms with E-state index in [-0.39, 0.29) is 11.1 Å². The van der Waals surface area contributed by atoms with Crippen LogP contribution in [0, 0.1) is 5.82 Å². The van der Waals surface area contributed by atoms with E-state index >= 15 is 0 Å². The van der Waals surface area contributed by atoms with Crippen molar-refractivity contribution in [1.82, 2.24) is 14.5 Å². The van der Waals surface area contributed by atoms with Gasteiger partial charge in [0.05, 0.1) is 11.4 Å². The summed E-state index contributed by atoms with van der Waals surface area (Å²) in [6.07, 6.45) is -3.32. The number of hydrogen-bond donors (Lipinski definition) is 4. The largest absolute Gasteiger partial charge is 0.387 e. The van der Waals surface area contributed by atoms with Crippen molar-refractivity contribution in [2.24, 2.45) is 0 Å². The summed E-state index contributed by atoms with van der Waals surface area (Å²) < 4.78 is 36.9. The molecule has 4 rings (SSSR count). The van der Waals surface area contributed by atoms with Crippen molar-refractivity contribution in [2.45, 2.75) is 37.5 Å². The standard InChI is InChI=1S/C20H23ClFN4O7P/c1-10(11-5-3-4-6-13(11)22)23-17-12-7-8-26(18(12)25-20(21)24-17)19-16(28)15(27)14(32-19)9-31-33-34(2,29)30/h3-8,10,14-16,19,27-28H,9H2,1-2H3,(H,29,30)(H,23,24,25)/t10?,14-,15-,16-,19-/m1/s1. The zero-order valence-electron chi connectivity index (χ0n) is 18.1. The summed E-state index contributed by atoms with van der Waals surface area (Å²) in [5, 5.41) is 24.4. The zero-order valence-corrected chi connectivity index (χ0v) is 19.7. The van der Waals surface area contributed by atoms with Crippen molar-refractivity contribution < 1.29 is 38.4 Å². The number of anilines is 1. The molecule has 0 aliphatic carbocycles. The molecule has 0 radical (unpaired) electrons. The van der Waals surface area contributed by atoms with Gasteiger partial charge in [0.25, 0.3) is 0 Å². The highest BCUT2D eigenvalue weighted by molar-refractivity contribution is 7.51. The van der Waals surface area contributed by atoms with Crippen molar-refractivity contribution in [2.75, 3.05) is 18.6 Å². The molecule has 184 valence electrons. The SMILES string of the molecule is CC(Nc1nc(Cl)nc2c1ccn2[C@@H]1O[C@H](COOP(C)(=O)O)[C@@H](O)[C@H]1O)c1ccccc1F. The summed E-state index contributed by atoms with van der Waals surface area (Å²) in [7, 11) is -3.89. The number of aliphatic hydroxyl groups is 2. The maximum Gasteiger partial charge on any atom is 0.352 e. The molecule has 4 N–H and O–H groups in total. The molecular formula is C20H23ClFN4O7P. The lowest BCUT2D eigenvalue weighted by Crippen LogP contribution is -2.33. The van der Waals surface area contributed by atoms with Crippen molar-refractivity contribution >= 4 is 36.0 Å². The molecule has 1 saturated heterocycles. The Morgan fingerprint density at radius 1 is 1.29 bits per heavy atom. The average Bonchev–Trinajstić information content (AvgIpc) is 3.29. The molecule has 34 heavy (non-hydrogen) atoms. The van der Waals surface area contributed by atoms with Crippen molar-refractivity contribution in [1.29, 1.82) is 0 Å². The first-order chi connectivity index (χ1) is 16.0. The number of hydrogen-bond acceptors (Lipinski definition) is 9. The lowest BCUT2D eigenvalue weighted by Gasteiger charge is -2.19. The van der Waals surface area contributed by atoms with E-state index in [1.54, 1.807) is 37.4 Å². The Morgan fingerprint density at radius 3 is 2.74 bits per heavy atom. The number of nitrogens with one attached hydrogen (secondary N) is 1. The topological polar surface area (TPSA) is 148 Å². The molecule has 1 aliphatic rings. The van der Waals surface area contributed by atoms with Crippen LogP contribution in [0.1, 0.15) is 24.8 Å². The van der Waals surface area contributed by atoms with Gasteiger partial charge in [0.15, 0.2) is 6.23 Å². The van der Waals surface area contributed by atoms with Crippen LogP contribution < -0.4 is 5.32 Å². The Kier molecular flexibility index (Phi) is 7.22. The molecule has 0 amide bonds. The number of aliphatic hydroxyl groups excluding tert-OH is 2. The van der Waals surface area contributed by atoms with E-state index < -0.39 is 44.8 Å². The monoisotopic (exact) mass is 516 g/mol. The Morgan fingerprint density at radius 2 is 2.03 bits per heavy atom. The summed E-state index contributed by atoms with van der Waals surface area (Å²) in [6, 6.07) is 7.56. The maximum absolute atomic E-state index is 14.2. The first-order valence-corrected chi connectivity index (χ1v) is 12.6. The van der Waals surface area contributed by atoms with Crippen molar-refractivity contribution in [3.8, 4) is 0 Å². The van der Waals surface area contributed by atoms with Gasteiger partial charge in [0.2, 0.25) is 5.28 Å². The van der Waals surface area contributed by atoms with Crippen LogP contribution in [0.3, 0.4) is 0 Å². The molecular weight excluding hydrogens is 494 g/mol. The number of benzene rings is 1. The van der Waals surface area contributed by atoms with Crippen LogP contribution in [0.4, 0.5) is 10.2 Å². The molecule has 11 nitrogen and oxygen atoms in total. The summed E-state index contributed by atoms with van der Waals surface area (Å²) in [4.78, 5) is 22.3. The summed E-state index contributed by atoms with van der Waals surface area (Å²) in [5.74, 6) is -0.0294. The normalized spacial score (nSPS) is 25.4. The second kappa shape index (κ2) is 9.84. The molecule has 2 aromatic heterocycles. The summed E-state index contributed by atoms with van der Waals surface area (Å²) in [5.41, 5.74) is 0.734. The molecule has 2 unspecified atom stereocenters. The lowest BCUT2D eigenvalue weighted by atomic mass is 10.1. The van der Waals surface area contributed by atoms with Crippen LogP contribution in [-0.2, 0) is 18.9 Å². The molecule has 3 heterocycles. The predicted octanol–water partition coefficient (Wildman–Crippen LogP) is 2.78. The molecule has 0 saturated carbocycles. The quantitative estimate of drug-likeness (QED) is 0.152. The molecule has 1 fully saturated rings. The van der Waals surface area contributed by atoms with Crippen LogP contribution >= 0.6 is 19.2 Å². The summed E-state index contributed by atoms with van der Waals surface area (Å²) >= 11 is 6.14. The summed E-state index contributed by atoms with van der Waals surface area (Å²) in [6.45, 7) is 2.30. The van der Waals surface area contributed by atoms with E-state index in [2.05, 4.69) is 24.8 Å². The van der Waals surface area contributed by atoms with Gasteiger partial charge in [-0.1, -0.05) is 18.2 Å². The molecule has 3 aromatic rings. The van der Waals surface area contributed by atoms with E-state index in [0.29, 0.717) is 22.4 Å². The Labute approximate surface area is 198 Å². The molecule has 6 atom stereocenters. The fraction of sp³-hybridized carbons (Fsp3) is 0.400. The average molecular weight is 517 g/mol. The van der Waals surface area contributed by atoms with Crippen LogP contribution in [0.15, 0.2) is 36.5 Å². The van der Waals surface area contributed by atoms with Gasteiger partial charge < -0.3 is 29.7 Å². The van der Waals surface area contributed by atoms with Gasteiger partial charge >= 0.3 is 7.60 Å². The maximum atomic E-state index is 14.2. The van der Waals surface area contributed by atoms with Crippen LogP contribution in [-0.4, -0.2) is 61.2 Å². The molecule has 14 heteroatoms. The highest BCUT2D eigenvalue weighted by Crippen LogP contribution is 2.38. The number of ether oxygens (including phenoxy) is 1. The van der Waals surface area contributed by atoms with Gasteiger partial charge in [-0.3, -0.25) is 4.57 Å². The Balaban J connectivity index is 1.58. The first-order valence-electron chi connectivity index (χ1n) is 10.2. The second-order valence-corrected chi connectivity index (χ2v) is 9.99. The fourth-order valence-corrected chi connectivity index (χ4v) is 4.14. The first kappa shape index (κ1) is 25.0. The Bertz CT molecular complexity index is 1220. The third-order valence-electron chi connectivity index (χ3n) is 5.30. The third kappa shape index (κ3) is 5.24. The highest BCUT2D eigenvalue weighted by atomic mass is 35.5. The minimum absolute atomic E-state index is 0.0985. The van der Waals surface area contributed by atoms with E-state index in [4.69, 9.17) is 21.2 Å². The number of nitrogens with zero attached hydrogens (tertiary/aromatic N) is 3. The van der Waals surface area contributed by atoms with Crippen LogP contribution in [0.5, 0.6) is 0 Å². The lowest BCUT2D eigenvalue weighted by molar-refractivity contribution is -0.238. The number of fused-ring (bicyclic) bond motifs is 1. The minimum atomic E-state index is -3.89. The fourth-order valence-electron chi connectivity index (χ4n) is 3.72. The second-order valence-electron chi connectivity index (χ2n) is 7.90. The molecule has 1 aliphatic heterocycles. The number of rotatable bonds is 8. The van der Waals surface area contributed by atoms with Crippen molar-refractivity contribution in [3.63, 3.8) is 0 Å². The van der Waals surface area contributed by atoms with Gasteiger partial charge in [-0.15, -0.1) is 4.67 Å². The van der Waals surface area contributed by atoms with Gasteiger partial charge in [-0.05, 0) is 30.7 Å².